The van der Waals surface area contributed by atoms with Crippen LogP contribution in [0.2, 0.25) is 0 Å². The monoisotopic (exact) mass is 170 g/mol. The van der Waals surface area contributed by atoms with Gasteiger partial charge in [0.25, 0.3) is 0 Å². The molecule has 0 aliphatic carbocycles. The summed E-state index contributed by atoms with van der Waals surface area (Å²) in [5.74, 6) is 0. The molecule has 1 aliphatic heterocycles. The van der Waals surface area contributed by atoms with Crippen LogP contribution in [0.5, 0.6) is 0 Å². The molecule has 1 unspecified atom stereocenters. The summed E-state index contributed by atoms with van der Waals surface area (Å²) in [6.45, 7) is 1.09. The Hall–Kier alpha value is -0.970. The van der Waals surface area contributed by atoms with Gasteiger partial charge >= 0.3 is 0 Å². The Morgan fingerprint density at radius 2 is 2.58 bits per heavy atom. The van der Waals surface area contributed by atoms with Crippen LogP contribution in [0.25, 0.3) is 0 Å². The molecule has 0 amide bonds. The molecule has 2 heterocycles. The van der Waals surface area contributed by atoms with Crippen LogP contribution in [-0.4, -0.2) is 28.1 Å². The number of halogens is 1. The lowest BCUT2D eigenvalue weighted by atomic mass is 10.0. The molecule has 4 nitrogen and oxygen atoms in total. The summed E-state index contributed by atoms with van der Waals surface area (Å²) in [7, 11) is 1.71. The molecule has 1 atom stereocenters. The van der Waals surface area contributed by atoms with Gasteiger partial charge < -0.3 is 5.32 Å². The third-order valence-corrected chi connectivity index (χ3v) is 2.28. The van der Waals surface area contributed by atoms with Crippen molar-refractivity contribution in [1.82, 2.24) is 20.3 Å². The maximum absolute atomic E-state index is 14.0. The van der Waals surface area contributed by atoms with Crippen molar-refractivity contribution in [2.45, 2.75) is 12.1 Å². The van der Waals surface area contributed by atoms with Gasteiger partial charge in [-0.1, -0.05) is 5.21 Å². The smallest absolute Gasteiger partial charge is 0.167 e. The largest absolute Gasteiger partial charge is 0.313 e. The molecule has 1 aliphatic rings. The first kappa shape index (κ1) is 7.67. The zero-order chi connectivity index (χ0) is 8.60. The molecule has 5 heteroatoms. The minimum atomic E-state index is -1.27. The van der Waals surface area contributed by atoms with Gasteiger partial charge in [-0.2, -0.15) is 0 Å². The van der Waals surface area contributed by atoms with E-state index in [1.807, 2.05) is 0 Å². The predicted molar refractivity (Wildman–Crippen MR) is 41.3 cm³/mol. The highest BCUT2D eigenvalue weighted by atomic mass is 19.1. The minimum Gasteiger partial charge on any atom is -0.313 e. The second-order valence-electron chi connectivity index (χ2n) is 3.13. The van der Waals surface area contributed by atoms with Crippen LogP contribution in [0.15, 0.2) is 6.20 Å². The molecule has 1 aromatic heterocycles. The Balaban J connectivity index is 2.34. The number of rotatable bonds is 1. The number of aromatic nitrogens is 3. The molecule has 66 valence electrons. The molecular formula is C7H11FN4. The average Bonchev–Trinajstić information content (AvgIpc) is 2.59. The Morgan fingerprint density at radius 3 is 3.08 bits per heavy atom. The molecule has 1 fully saturated rings. The van der Waals surface area contributed by atoms with Gasteiger partial charge in [0, 0.05) is 20.0 Å². The molecule has 0 saturated carbocycles. The highest BCUT2D eigenvalue weighted by molar-refractivity contribution is 5.11. The molecular weight excluding hydrogens is 159 g/mol. The third-order valence-electron chi connectivity index (χ3n) is 2.28. The molecule has 1 saturated heterocycles. The molecule has 1 aromatic rings. The lowest BCUT2D eigenvalue weighted by Crippen LogP contribution is -2.26. The van der Waals surface area contributed by atoms with Crippen molar-refractivity contribution >= 4 is 0 Å². The Morgan fingerprint density at radius 1 is 1.75 bits per heavy atom. The zero-order valence-corrected chi connectivity index (χ0v) is 6.92. The number of nitrogens with zero attached hydrogens (tertiary/aromatic N) is 3. The van der Waals surface area contributed by atoms with E-state index in [-0.39, 0.29) is 0 Å². The molecule has 1 N–H and O–H groups in total. The van der Waals surface area contributed by atoms with E-state index in [0.717, 1.165) is 6.54 Å². The zero-order valence-electron chi connectivity index (χ0n) is 6.92. The van der Waals surface area contributed by atoms with E-state index in [2.05, 4.69) is 15.6 Å². The summed E-state index contributed by atoms with van der Waals surface area (Å²) in [6, 6.07) is 0. The first-order chi connectivity index (χ1) is 5.72. The van der Waals surface area contributed by atoms with Crippen molar-refractivity contribution in [2.75, 3.05) is 13.1 Å². The van der Waals surface area contributed by atoms with Gasteiger partial charge in [-0.05, 0) is 6.54 Å². The first-order valence-electron chi connectivity index (χ1n) is 3.97. The quantitative estimate of drug-likeness (QED) is 0.643. The number of alkyl halides is 1. The van der Waals surface area contributed by atoms with Gasteiger partial charge in [-0.15, -0.1) is 5.10 Å². The van der Waals surface area contributed by atoms with Gasteiger partial charge in [-0.25, -0.2) is 9.07 Å². The fraction of sp³-hybridized carbons (Fsp3) is 0.714. The molecule has 12 heavy (non-hydrogen) atoms. The van der Waals surface area contributed by atoms with Crippen LogP contribution < -0.4 is 5.32 Å². The fourth-order valence-corrected chi connectivity index (χ4v) is 1.58. The van der Waals surface area contributed by atoms with Gasteiger partial charge in [0.2, 0.25) is 0 Å². The Kier molecular flexibility index (Phi) is 1.61. The van der Waals surface area contributed by atoms with E-state index in [1.54, 1.807) is 7.05 Å². The standard InChI is InChI=1S/C7H11FN4/c1-12-6(4-10-11-12)7(8)2-3-9-5-7/h4,9H,2-3,5H2,1H3. The van der Waals surface area contributed by atoms with Crippen LogP contribution in [0, 0.1) is 0 Å². The van der Waals surface area contributed by atoms with E-state index in [4.69, 9.17) is 0 Å². The molecule has 0 aromatic carbocycles. The fourth-order valence-electron chi connectivity index (χ4n) is 1.58. The summed E-state index contributed by atoms with van der Waals surface area (Å²) in [5, 5.41) is 10.3. The number of nitrogens with one attached hydrogen (secondary N) is 1. The van der Waals surface area contributed by atoms with Crippen molar-refractivity contribution in [2.24, 2.45) is 7.05 Å². The van der Waals surface area contributed by atoms with Crippen LogP contribution in [0.1, 0.15) is 12.1 Å². The SMILES string of the molecule is Cn1nncc1C1(F)CCNC1. The van der Waals surface area contributed by atoms with E-state index in [9.17, 15) is 4.39 Å². The van der Waals surface area contributed by atoms with Gasteiger partial charge in [0.15, 0.2) is 5.67 Å². The normalized spacial score (nSPS) is 29.5. The topological polar surface area (TPSA) is 42.7 Å². The second-order valence-corrected chi connectivity index (χ2v) is 3.13. The maximum atomic E-state index is 14.0. The van der Waals surface area contributed by atoms with Crippen molar-refractivity contribution in [1.29, 1.82) is 0 Å². The van der Waals surface area contributed by atoms with Crippen molar-refractivity contribution in [3.05, 3.63) is 11.9 Å². The predicted octanol–water partition coefficient (Wildman–Crippen LogP) is -0.0268. The highest BCUT2D eigenvalue weighted by Gasteiger charge is 2.38. The molecule has 2 rings (SSSR count). The Bertz CT molecular complexity index is 277. The van der Waals surface area contributed by atoms with E-state index in [1.165, 1.54) is 10.9 Å². The van der Waals surface area contributed by atoms with Crippen molar-refractivity contribution in [3.63, 3.8) is 0 Å². The lowest BCUT2D eigenvalue weighted by molar-refractivity contribution is 0.179. The third kappa shape index (κ3) is 1.01. The summed E-state index contributed by atoms with van der Waals surface area (Å²) < 4.78 is 15.5. The number of hydrogen-bond donors (Lipinski definition) is 1. The maximum Gasteiger partial charge on any atom is 0.167 e. The van der Waals surface area contributed by atoms with E-state index < -0.39 is 5.67 Å². The van der Waals surface area contributed by atoms with Crippen molar-refractivity contribution < 1.29 is 4.39 Å². The summed E-state index contributed by atoms with van der Waals surface area (Å²) in [5.41, 5.74) is -0.703. The molecule has 0 bridgehead atoms. The lowest BCUT2D eigenvalue weighted by Gasteiger charge is -2.16. The van der Waals surface area contributed by atoms with Crippen LogP contribution in [-0.2, 0) is 12.7 Å². The van der Waals surface area contributed by atoms with E-state index >= 15 is 0 Å². The van der Waals surface area contributed by atoms with Gasteiger partial charge in [0.1, 0.15) is 0 Å². The van der Waals surface area contributed by atoms with Crippen molar-refractivity contribution in [3.8, 4) is 0 Å². The first-order valence-corrected chi connectivity index (χ1v) is 3.97. The molecule has 0 radical (unpaired) electrons. The Labute approximate surface area is 69.8 Å². The summed E-state index contributed by atoms with van der Waals surface area (Å²) in [4.78, 5) is 0. The molecule has 0 spiro atoms. The van der Waals surface area contributed by atoms with E-state index in [0.29, 0.717) is 18.7 Å². The minimum absolute atomic E-state index is 0.369. The van der Waals surface area contributed by atoms with Crippen LogP contribution in [0.3, 0.4) is 0 Å². The second kappa shape index (κ2) is 2.52. The van der Waals surface area contributed by atoms with Crippen LogP contribution in [0.4, 0.5) is 4.39 Å². The summed E-state index contributed by atoms with van der Waals surface area (Å²) in [6.07, 6.45) is 2.00. The number of aryl methyl sites for hydroxylation is 1. The highest BCUT2D eigenvalue weighted by Crippen LogP contribution is 2.30. The number of hydrogen-bond acceptors (Lipinski definition) is 3. The van der Waals surface area contributed by atoms with Crippen LogP contribution >= 0.6 is 0 Å². The van der Waals surface area contributed by atoms with Gasteiger partial charge in [0.05, 0.1) is 11.9 Å². The van der Waals surface area contributed by atoms with Gasteiger partial charge in [-0.3, -0.25) is 0 Å². The summed E-state index contributed by atoms with van der Waals surface area (Å²) >= 11 is 0. The average molecular weight is 170 g/mol.